The Bertz CT molecular complexity index is 443. The Labute approximate surface area is 111 Å². The first-order valence-corrected chi connectivity index (χ1v) is 5.98. The number of hydrogen-bond acceptors (Lipinski definition) is 4. The Balaban J connectivity index is 2.69. The molecule has 98 valence electrons. The number of ether oxygens (including phenoxy) is 2. The molecular formula is C13H15ClO4. The summed E-state index contributed by atoms with van der Waals surface area (Å²) in [6.07, 6.45) is 0.162. The van der Waals surface area contributed by atoms with Gasteiger partial charge in [0.25, 0.3) is 0 Å². The lowest BCUT2D eigenvalue weighted by Crippen LogP contribution is -2.08. The minimum Gasteiger partial charge on any atom is -0.496 e. The molecule has 0 saturated carbocycles. The largest absolute Gasteiger partial charge is 0.496 e. The molecule has 1 aromatic carbocycles. The highest BCUT2D eigenvalue weighted by atomic mass is 35.5. The number of carbonyl (C=O) groups is 2. The zero-order valence-electron chi connectivity index (χ0n) is 10.4. The van der Waals surface area contributed by atoms with Crippen molar-refractivity contribution in [3.05, 3.63) is 28.8 Å². The van der Waals surface area contributed by atoms with Gasteiger partial charge in [0.2, 0.25) is 0 Å². The number of methoxy groups -OCH3 is 1. The number of carbonyl (C=O) groups excluding carboxylic acids is 2. The molecule has 0 heterocycles. The maximum Gasteiger partial charge on any atom is 0.306 e. The molecule has 5 heteroatoms. The SMILES string of the molecule is CCOC(=O)CCC(=O)c1ccc(Cl)cc1OC. The normalized spacial score (nSPS) is 9.94. The quantitative estimate of drug-likeness (QED) is 0.589. The Morgan fingerprint density at radius 1 is 1.28 bits per heavy atom. The lowest BCUT2D eigenvalue weighted by molar-refractivity contribution is -0.143. The third-order valence-corrected chi connectivity index (χ3v) is 2.56. The number of esters is 1. The predicted molar refractivity (Wildman–Crippen MR) is 68.2 cm³/mol. The molecule has 0 fully saturated rings. The highest BCUT2D eigenvalue weighted by molar-refractivity contribution is 6.30. The number of Topliss-reactive ketones (excluding diaryl/α,β-unsaturated/α-hetero) is 1. The van der Waals surface area contributed by atoms with Crippen molar-refractivity contribution in [3.8, 4) is 5.75 Å². The molecule has 0 aromatic heterocycles. The van der Waals surface area contributed by atoms with E-state index in [4.69, 9.17) is 21.1 Å². The minimum absolute atomic E-state index is 0.0679. The van der Waals surface area contributed by atoms with E-state index in [1.165, 1.54) is 7.11 Å². The molecule has 0 aliphatic rings. The van der Waals surface area contributed by atoms with Gasteiger partial charge in [-0.1, -0.05) is 11.6 Å². The fourth-order valence-corrected chi connectivity index (χ4v) is 1.64. The number of benzene rings is 1. The van der Waals surface area contributed by atoms with Crippen molar-refractivity contribution in [1.29, 1.82) is 0 Å². The molecule has 0 bridgehead atoms. The van der Waals surface area contributed by atoms with Gasteiger partial charge in [0.1, 0.15) is 5.75 Å². The van der Waals surface area contributed by atoms with Crippen molar-refractivity contribution in [1.82, 2.24) is 0 Å². The summed E-state index contributed by atoms with van der Waals surface area (Å²) in [6.45, 7) is 2.04. The molecule has 4 nitrogen and oxygen atoms in total. The van der Waals surface area contributed by atoms with E-state index in [1.54, 1.807) is 25.1 Å². The monoisotopic (exact) mass is 270 g/mol. The summed E-state index contributed by atoms with van der Waals surface area (Å²) < 4.78 is 9.84. The van der Waals surface area contributed by atoms with Gasteiger partial charge in [-0.15, -0.1) is 0 Å². The molecule has 0 atom stereocenters. The molecule has 0 N–H and O–H groups in total. The van der Waals surface area contributed by atoms with Crippen LogP contribution >= 0.6 is 11.6 Å². The Kier molecular flexibility index (Phi) is 5.65. The number of hydrogen-bond donors (Lipinski definition) is 0. The molecule has 1 rings (SSSR count). The average molecular weight is 271 g/mol. The van der Waals surface area contributed by atoms with E-state index in [0.717, 1.165) is 0 Å². The zero-order valence-corrected chi connectivity index (χ0v) is 11.1. The Morgan fingerprint density at radius 2 is 2.00 bits per heavy atom. The molecule has 18 heavy (non-hydrogen) atoms. The summed E-state index contributed by atoms with van der Waals surface area (Å²) in [5, 5.41) is 0.494. The summed E-state index contributed by atoms with van der Waals surface area (Å²) in [5.74, 6) is -0.133. The van der Waals surface area contributed by atoms with E-state index < -0.39 is 0 Å². The molecule has 1 aromatic rings. The predicted octanol–water partition coefficient (Wildman–Crippen LogP) is 2.87. The van der Waals surface area contributed by atoms with Gasteiger partial charge in [0, 0.05) is 11.4 Å². The summed E-state index contributed by atoms with van der Waals surface area (Å²) in [5.41, 5.74) is 0.422. The van der Waals surface area contributed by atoms with Crippen LogP contribution in [0.1, 0.15) is 30.1 Å². The van der Waals surface area contributed by atoms with Gasteiger partial charge in [0.15, 0.2) is 5.78 Å². The summed E-state index contributed by atoms with van der Waals surface area (Å²) in [4.78, 5) is 23.1. The van der Waals surface area contributed by atoms with Gasteiger partial charge in [-0.25, -0.2) is 0 Å². The van der Waals surface area contributed by atoms with Gasteiger partial charge in [-0.05, 0) is 25.1 Å². The van der Waals surface area contributed by atoms with Crippen LogP contribution in [-0.4, -0.2) is 25.5 Å². The maximum absolute atomic E-state index is 11.9. The van der Waals surface area contributed by atoms with Crippen molar-refractivity contribution >= 4 is 23.4 Å². The number of ketones is 1. The van der Waals surface area contributed by atoms with Crippen molar-refractivity contribution in [2.45, 2.75) is 19.8 Å². The van der Waals surface area contributed by atoms with Crippen LogP contribution in [0.5, 0.6) is 5.75 Å². The van der Waals surface area contributed by atoms with Crippen LogP contribution in [0.2, 0.25) is 5.02 Å². The first kappa shape index (κ1) is 14.5. The van der Waals surface area contributed by atoms with Crippen molar-refractivity contribution < 1.29 is 19.1 Å². The zero-order chi connectivity index (χ0) is 13.5. The van der Waals surface area contributed by atoms with Crippen LogP contribution in [-0.2, 0) is 9.53 Å². The molecule has 0 saturated heterocycles. The number of rotatable bonds is 6. The van der Waals surface area contributed by atoms with Crippen LogP contribution in [0.25, 0.3) is 0 Å². The summed E-state index contributed by atoms with van der Waals surface area (Å²) >= 11 is 5.80. The molecule has 0 amide bonds. The van der Waals surface area contributed by atoms with Gasteiger partial charge in [-0.3, -0.25) is 9.59 Å². The van der Waals surface area contributed by atoms with Gasteiger partial charge in [0.05, 0.1) is 25.7 Å². The second kappa shape index (κ2) is 7.01. The lowest BCUT2D eigenvalue weighted by Gasteiger charge is -2.07. The smallest absolute Gasteiger partial charge is 0.306 e. The molecule has 0 aliphatic carbocycles. The highest BCUT2D eigenvalue weighted by Crippen LogP contribution is 2.24. The van der Waals surface area contributed by atoms with Crippen LogP contribution < -0.4 is 4.74 Å². The van der Waals surface area contributed by atoms with Gasteiger partial charge in [-0.2, -0.15) is 0 Å². The standard InChI is InChI=1S/C13H15ClO4/c1-3-18-13(16)7-6-11(15)10-5-4-9(14)8-12(10)17-2/h4-5,8H,3,6-7H2,1-2H3. The van der Waals surface area contributed by atoms with E-state index in [-0.39, 0.29) is 24.6 Å². The molecular weight excluding hydrogens is 256 g/mol. The Hall–Kier alpha value is -1.55. The highest BCUT2D eigenvalue weighted by Gasteiger charge is 2.14. The van der Waals surface area contributed by atoms with E-state index in [9.17, 15) is 9.59 Å². The van der Waals surface area contributed by atoms with Gasteiger partial charge >= 0.3 is 5.97 Å². The van der Waals surface area contributed by atoms with Crippen molar-refractivity contribution in [3.63, 3.8) is 0 Å². The van der Waals surface area contributed by atoms with Crippen LogP contribution in [0.4, 0.5) is 0 Å². The molecule has 0 spiro atoms. The maximum atomic E-state index is 11.9. The van der Waals surface area contributed by atoms with Crippen molar-refractivity contribution in [2.75, 3.05) is 13.7 Å². The second-order valence-corrected chi connectivity index (χ2v) is 4.01. The third-order valence-electron chi connectivity index (χ3n) is 2.33. The van der Waals surface area contributed by atoms with E-state index in [1.807, 2.05) is 0 Å². The average Bonchev–Trinajstić information content (AvgIpc) is 2.36. The second-order valence-electron chi connectivity index (χ2n) is 3.57. The Morgan fingerprint density at radius 3 is 2.61 bits per heavy atom. The van der Waals surface area contributed by atoms with E-state index in [2.05, 4.69) is 0 Å². The molecule has 0 aliphatic heterocycles. The van der Waals surface area contributed by atoms with Gasteiger partial charge < -0.3 is 9.47 Å². The van der Waals surface area contributed by atoms with E-state index >= 15 is 0 Å². The molecule has 0 unspecified atom stereocenters. The fraction of sp³-hybridized carbons (Fsp3) is 0.385. The fourth-order valence-electron chi connectivity index (χ4n) is 1.48. The van der Waals surface area contributed by atoms with Crippen LogP contribution in [0, 0.1) is 0 Å². The van der Waals surface area contributed by atoms with Crippen LogP contribution in [0.15, 0.2) is 18.2 Å². The topological polar surface area (TPSA) is 52.6 Å². The first-order chi connectivity index (χ1) is 8.58. The van der Waals surface area contributed by atoms with Crippen LogP contribution in [0.3, 0.4) is 0 Å². The minimum atomic E-state index is -0.376. The molecule has 0 radical (unpaired) electrons. The van der Waals surface area contributed by atoms with Crippen molar-refractivity contribution in [2.24, 2.45) is 0 Å². The van der Waals surface area contributed by atoms with E-state index in [0.29, 0.717) is 22.9 Å². The summed E-state index contributed by atoms with van der Waals surface area (Å²) in [7, 11) is 1.47. The number of halogens is 1. The summed E-state index contributed by atoms with van der Waals surface area (Å²) in [6, 6.07) is 4.77. The lowest BCUT2D eigenvalue weighted by atomic mass is 10.1. The third kappa shape index (κ3) is 4.04. The first-order valence-electron chi connectivity index (χ1n) is 5.60.